The first-order valence-corrected chi connectivity index (χ1v) is 8.88. The van der Waals surface area contributed by atoms with Gasteiger partial charge in [-0.15, -0.1) is 0 Å². The number of benzene rings is 1. The summed E-state index contributed by atoms with van der Waals surface area (Å²) in [7, 11) is 0. The molecular weight excluding hydrogens is 352 g/mol. The van der Waals surface area contributed by atoms with Gasteiger partial charge in [-0.25, -0.2) is 4.79 Å². The molecule has 2 atom stereocenters. The molecule has 0 bridgehead atoms. The Morgan fingerprint density at radius 1 is 1.26 bits per heavy atom. The second kappa shape index (κ2) is 7.32. The molecule has 0 aliphatic carbocycles. The molecule has 2 heterocycles. The number of hydrogen-bond acceptors (Lipinski definition) is 7. The van der Waals surface area contributed by atoms with Gasteiger partial charge in [-0.05, 0) is 51.0 Å². The molecule has 7 heteroatoms. The topological polar surface area (TPSA) is 80.3 Å². The molecule has 1 fully saturated rings. The Bertz CT molecular complexity index is 768. The zero-order valence-corrected chi connectivity index (χ0v) is 15.9. The first kappa shape index (κ1) is 19.4. The van der Waals surface area contributed by atoms with Crippen molar-refractivity contribution in [3.8, 4) is 11.5 Å². The maximum Gasteiger partial charge on any atom is 0.331 e. The van der Waals surface area contributed by atoms with E-state index >= 15 is 0 Å². The van der Waals surface area contributed by atoms with Crippen molar-refractivity contribution in [1.82, 2.24) is 0 Å². The molecule has 0 unspecified atom stereocenters. The van der Waals surface area contributed by atoms with Gasteiger partial charge < -0.3 is 28.5 Å². The van der Waals surface area contributed by atoms with E-state index in [-0.39, 0.29) is 19.8 Å². The number of esters is 1. The van der Waals surface area contributed by atoms with E-state index in [2.05, 4.69) is 0 Å². The van der Waals surface area contributed by atoms with E-state index in [0.29, 0.717) is 22.6 Å². The fraction of sp³-hybridized carbons (Fsp3) is 0.500. The minimum absolute atomic E-state index is 0.117. The molecule has 3 rings (SSSR count). The molecule has 7 nitrogen and oxygen atoms in total. The van der Waals surface area contributed by atoms with Crippen molar-refractivity contribution in [3.63, 3.8) is 0 Å². The average Bonchev–Trinajstić information content (AvgIpc) is 3.14. The smallest absolute Gasteiger partial charge is 0.331 e. The van der Waals surface area contributed by atoms with Crippen LogP contribution in [0.1, 0.15) is 39.7 Å². The highest BCUT2D eigenvalue weighted by Crippen LogP contribution is 2.45. The number of hydrogen-bond donors (Lipinski definition) is 0. The Morgan fingerprint density at radius 3 is 2.70 bits per heavy atom. The summed E-state index contributed by atoms with van der Waals surface area (Å²) >= 11 is 0. The Balaban J connectivity index is 2.07. The summed E-state index contributed by atoms with van der Waals surface area (Å²) in [5.41, 5.74) is 0.331. The molecular formula is C20H24O7. The molecule has 0 amide bonds. The number of aldehydes is 1. The molecule has 1 aromatic carbocycles. The van der Waals surface area contributed by atoms with Crippen LogP contribution in [0.3, 0.4) is 0 Å². The van der Waals surface area contributed by atoms with Gasteiger partial charge in [-0.2, -0.15) is 0 Å². The second-order valence-electron chi connectivity index (χ2n) is 7.10. The number of ether oxygens (including phenoxy) is 5. The van der Waals surface area contributed by atoms with E-state index in [0.717, 1.165) is 6.29 Å². The monoisotopic (exact) mass is 376 g/mol. The molecule has 146 valence electrons. The van der Waals surface area contributed by atoms with Crippen molar-refractivity contribution in [2.45, 2.75) is 51.6 Å². The first-order valence-electron chi connectivity index (χ1n) is 8.88. The van der Waals surface area contributed by atoms with E-state index in [1.807, 2.05) is 6.07 Å². The van der Waals surface area contributed by atoms with Gasteiger partial charge in [-0.3, -0.25) is 0 Å². The van der Waals surface area contributed by atoms with Crippen LogP contribution in [-0.2, 0) is 23.8 Å². The molecule has 0 saturated carbocycles. The van der Waals surface area contributed by atoms with Gasteiger partial charge in [0.1, 0.15) is 18.0 Å². The van der Waals surface area contributed by atoms with E-state index in [4.69, 9.17) is 23.7 Å². The van der Waals surface area contributed by atoms with Gasteiger partial charge >= 0.3 is 5.97 Å². The summed E-state index contributed by atoms with van der Waals surface area (Å²) in [6, 6.07) is 5.37. The Hall–Kier alpha value is -2.38. The van der Waals surface area contributed by atoms with Crippen LogP contribution in [0.25, 0.3) is 5.57 Å². The predicted octanol–water partition coefficient (Wildman–Crippen LogP) is 2.86. The molecule has 0 N–H and O–H groups in total. The second-order valence-corrected chi connectivity index (χ2v) is 7.10. The predicted molar refractivity (Wildman–Crippen MR) is 96.3 cm³/mol. The number of rotatable bonds is 6. The lowest BCUT2D eigenvalue weighted by atomic mass is 9.86. The van der Waals surface area contributed by atoms with E-state index in [1.54, 1.807) is 39.8 Å². The normalized spacial score (nSPS) is 26.1. The largest absolute Gasteiger partial charge is 0.463 e. The van der Waals surface area contributed by atoms with Crippen LogP contribution in [-0.4, -0.2) is 43.1 Å². The van der Waals surface area contributed by atoms with Crippen LogP contribution in [0.15, 0.2) is 24.3 Å². The van der Waals surface area contributed by atoms with Crippen molar-refractivity contribution in [1.29, 1.82) is 0 Å². The minimum Gasteiger partial charge on any atom is -0.463 e. The zero-order chi connectivity index (χ0) is 19.7. The summed E-state index contributed by atoms with van der Waals surface area (Å²) in [5, 5.41) is 0. The molecule has 1 aromatic rings. The van der Waals surface area contributed by atoms with Crippen LogP contribution in [0.4, 0.5) is 0 Å². The van der Waals surface area contributed by atoms with Crippen molar-refractivity contribution in [3.05, 3.63) is 29.8 Å². The lowest BCUT2D eigenvalue weighted by Gasteiger charge is -2.28. The van der Waals surface area contributed by atoms with Crippen LogP contribution in [0.2, 0.25) is 0 Å². The molecule has 2 aliphatic rings. The summed E-state index contributed by atoms with van der Waals surface area (Å²) in [6.45, 7) is 7.49. The number of carbonyl (C=O) groups is 2. The molecule has 0 aromatic heterocycles. The van der Waals surface area contributed by atoms with Gasteiger partial charge in [0.05, 0.1) is 6.61 Å². The Labute approximate surface area is 158 Å². The minimum atomic E-state index is -0.931. The van der Waals surface area contributed by atoms with Gasteiger partial charge in [0.15, 0.2) is 17.3 Å². The third-order valence-electron chi connectivity index (χ3n) is 4.47. The Morgan fingerprint density at radius 2 is 2.00 bits per heavy atom. The third-order valence-corrected chi connectivity index (χ3v) is 4.47. The fourth-order valence-corrected chi connectivity index (χ4v) is 3.45. The van der Waals surface area contributed by atoms with Crippen LogP contribution in [0, 0.1) is 0 Å². The summed E-state index contributed by atoms with van der Waals surface area (Å²) in [4.78, 5) is 23.5. The van der Waals surface area contributed by atoms with E-state index in [9.17, 15) is 9.59 Å². The maximum absolute atomic E-state index is 12.2. The summed E-state index contributed by atoms with van der Waals surface area (Å²) in [5.74, 6) is -0.190. The quantitative estimate of drug-likeness (QED) is 0.429. The van der Waals surface area contributed by atoms with Crippen molar-refractivity contribution >= 4 is 17.8 Å². The van der Waals surface area contributed by atoms with Gasteiger partial charge in [0, 0.05) is 12.5 Å². The average molecular weight is 376 g/mol. The molecule has 0 radical (unpaired) electrons. The van der Waals surface area contributed by atoms with Crippen molar-refractivity contribution < 1.29 is 33.3 Å². The summed E-state index contributed by atoms with van der Waals surface area (Å²) < 4.78 is 28.0. The number of carbonyl (C=O) groups excluding carboxylic acids is 2. The van der Waals surface area contributed by atoms with Gasteiger partial charge in [0.25, 0.3) is 0 Å². The number of fused-ring (bicyclic) bond motifs is 1. The molecule has 2 aliphatic heterocycles. The SMILES string of the molecule is CCOC(=O)/C=C(\c1ccc2c(c1)OCO2)[C@H]1OC(C)(C)O[C@@]1(C)CC=O. The maximum atomic E-state index is 12.2. The van der Waals surface area contributed by atoms with Crippen LogP contribution >= 0.6 is 0 Å². The van der Waals surface area contributed by atoms with E-state index in [1.165, 1.54) is 6.08 Å². The highest BCUT2D eigenvalue weighted by atomic mass is 16.8. The summed E-state index contributed by atoms with van der Waals surface area (Å²) in [6.07, 6.45) is 1.65. The highest BCUT2D eigenvalue weighted by Gasteiger charge is 2.51. The van der Waals surface area contributed by atoms with Crippen LogP contribution < -0.4 is 9.47 Å². The lowest BCUT2D eigenvalue weighted by molar-refractivity contribution is -0.160. The van der Waals surface area contributed by atoms with Gasteiger partial charge in [-0.1, -0.05) is 6.07 Å². The van der Waals surface area contributed by atoms with Crippen molar-refractivity contribution in [2.75, 3.05) is 13.4 Å². The molecule has 27 heavy (non-hydrogen) atoms. The highest BCUT2D eigenvalue weighted by molar-refractivity contribution is 5.93. The first-order chi connectivity index (χ1) is 12.8. The van der Waals surface area contributed by atoms with Gasteiger partial charge in [0.2, 0.25) is 6.79 Å². The zero-order valence-electron chi connectivity index (χ0n) is 15.9. The van der Waals surface area contributed by atoms with Crippen molar-refractivity contribution in [2.24, 2.45) is 0 Å². The Kier molecular flexibility index (Phi) is 5.26. The van der Waals surface area contributed by atoms with Crippen LogP contribution in [0.5, 0.6) is 11.5 Å². The standard InChI is InChI=1S/C20H24O7/c1-5-23-17(22)11-14(13-6-7-15-16(10-13)25-12-24-15)18-20(4,8-9-21)27-19(2,3)26-18/h6-7,9-11,18H,5,8,12H2,1-4H3/b14-11+/t18-,20+/m1/s1. The molecule has 0 spiro atoms. The van der Waals surface area contributed by atoms with E-state index < -0.39 is 23.5 Å². The molecule has 1 saturated heterocycles. The lowest BCUT2D eigenvalue weighted by Crippen LogP contribution is -2.38. The fourth-order valence-electron chi connectivity index (χ4n) is 3.45. The third kappa shape index (κ3) is 3.99.